The van der Waals surface area contributed by atoms with Crippen LogP contribution < -0.4 is 5.73 Å². The predicted molar refractivity (Wildman–Crippen MR) is 43.1 cm³/mol. The Morgan fingerprint density at radius 1 is 1.73 bits per heavy atom. The fraction of sp³-hybridized carbons (Fsp3) is 0.625. The predicted octanol–water partition coefficient (Wildman–Crippen LogP) is 0.404. The van der Waals surface area contributed by atoms with Gasteiger partial charge in [0.15, 0.2) is 0 Å². The molecule has 0 amide bonds. The van der Waals surface area contributed by atoms with Crippen LogP contribution in [0.4, 0.5) is 0 Å². The van der Waals surface area contributed by atoms with Gasteiger partial charge in [-0.15, -0.1) is 0 Å². The van der Waals surface area contributed by atoms with Crippen molar-refractivity contribution in [2.45, 2.75) is 19.4 Å². The number of hydrogen-bond acceptors (Lipinski definition) is 2. The highest BCUT2D eigenvalue weighted by atomic mass is 15.3. The van der Waals surface area contributed by atoms with E-state index in [0.29, 0.717) is 5.92 Å². The molecule has 0 radical (unpaired) electrons. The summed E-state index contributed by atoms with van der Waals surface area (Å²) in [5.41, 5.74) is 6.94. The van der Waals surface area contributed by atoms with Gasteiger partial charge in [0, 0.05) is 18.4 Å². The molecule has 11 heavy (non-hydrogen) atoms. The zero-order valence-corrected chi connectivity index (χ0v) is 6.53. The molecule has 1 aliphatic heterocycles. The van der Waals surface area contributed by atoms with Crippen molar-refractivity contribution in [1.29, 1.82) is 0 Å². The molecule has 1 aliphatic rings. The summed E-state index contributed by atoms with van der Waals surface area (Å²) in [5.74, 6) is 0.680. The van der Waals surface area contributed by atoms with Gasteiger partial charge >= 0.3 is 0 Å². The number of aromatic nitrogens is 2. The Labute approximate surface area is 66.2 Å². The van der Waals surface area contributed by atoms with Gasteiger partial charge < -0.3 is 5.73 Å². The van der Waals surface area contributed by atoms with Crippen LogP contribution in [-0.2, 0) is 13.0 Å². The van der Waals surface area contributed by atoms with Gasteiger partial charge in [-0.1, -0.05) is 0 Å². The van der Waals surface area contributed by atoms with Crippen LogP contribution in [0.2, 0.25) is 0 Å². The Hall–Kier alpha value is -0.830. The topological polar surface area (TPSA) is 43.8 Å². The fourth-order valence-electron chi connectivity index (χ4n) is 1.64. The van der Waals surface area contributed by atoms with Gasteiger partial charge in [-0.3, -0.25) is 4.68 Å². The number of rotatable bonds is 1. The number of nitrogens with two attached hydrogens (primary N) is 1. The van der Waals surface area contributed by atoms with Crippen molar-refractivity contribution < 1.29 is 0 Å². The van der Waals surface area contributed by atoms with Gasteiger partial charge in [-0.2, -0.15) is 5.10 Å². The Balaban J connectivity index is 2.18. The molecule has 2 rings (SSSR count). The maximum Gasteiger partial charge on any atom is 0.0492 e. The first-order valence-corrected chi connectivity index (χ1v) is 4.11. The summed E-state index contributed by atoms with van der Waals surface area (Å²) >= 11 is 0. The van der Waals surface area contributed by atoms with E-state index in [1.54, 1.807) is 0 Å². The quantitative estimate of drug-likeness (QED) is 0.631. The maximum absolute atomic E-state index is 5.60. The van der Waals surface area contributed by atoms with Crippen molar-refractivity contribution in [1.82, 2.24) is 9.78 Å². The normalized spacial score (nSPS) is 23.2. The SMILES string of the molecule is NCC1CCn2nccc2C1. The third-order valence-corrected chi connectivity index (χ3v) is 2.38. The Morgan fingerprint density at radius 2 is 2.64 bits per heavy atom. The first-order valence-electron chi connectivity index (χ1n) is 4.11. The molecule has 0 saturated heterocycles. The average Bonchev–Trinajstić information content (AvgIpc) is 2.50. The van der Waals surface area contributed by atoms with Gasteiger partial charge in [0.05, 0.1) is 0 Å². The smallest absolute Gasteiger partial charge is 0.0492 e. The average molecular weight is 151 g/mol. The zero-order valence-electron chi connectivity index (χ0n) is 6.53. The molecule has 1 atom stereocenters. The summed E-state index contributed by atoms with van der Waals surface area (Å²) in [6.45, 7) is 1.86. The molecule has 3 nitrogen and oxygen atoms in total. The molecular weight excluding hydrogens is 138 g/mol. The van der Waals surface area contributed by atoms with Gasteiger partial charge in [0.1, 0.15) is 0 Å². The lowest BCUT2D eigenvalue weighted by molar-refractivity contribution is 0.374. The molecule has 2 N–H and O–H groups in total. The second-order valence-corrected chi connectivity index (χ2v) is 3.14. The summed E-state index contributed by atoms with van der Waals surface area (Å²) < 4.78 is 2.08. The highest BCUT2D eigenvalue weighted by Crippen LogP contribution is 2.17. The van der Waals surface area contributed by atoms with Crippen LogP contribution in [0.25, 0.3) is 0 Å². The lowest BCUT2D eigenvalue weighted by Gasteiger charge is -2.21. The maximum atomic E-state index is 5.60. The molecule has 3 heteroatoms. The van der Waals surface area contributed by atoms with Crippen LogP contribution in [0.3, 0.4) is 0 Å². The van der Waals surface area contributed by atoms with E-state index in [0.717, 1.165) is 19.5 Å². The monoisotopic (exact) mass is 151 g/mol. The molecule has 60 valence electrons. The van der Waals surface area contributed by atoms with Gasteiger partial charge in [-0.25, -0.2) is 0 Å². The number of nitrogens with zero attached hydrogens (tertiary/aromatic N) is 2. The Morgan fingerprint density at radius 3 is 3.45 bits per heavy atom. The molecule has 0 aliphatic carbocycles. The van der Waals surface area contributed by atoms with Crippen molar-refractivity contribution in [2.75, 3.05) is 6.54 Å². The number of fused-ring (bicyclic) bond motifs is 1. The van der Waals surface area contributed by atoms with E-state index in [1.807, 2.05) is 6.20 Å². The molecule has 1 unspecified atom stereocenters. The van der Waals surface area contributed by atoms with Crippen molar-refractivity contribution in [3.63, 3.8) is 0 Å². The number of hydrogen-bond donors (Lipinski definition) is 1. The first-order chi connectivity index (χ1) is 5.40. The molecule has 0 fully saturated rings. The van der Waals surface area contributed by atoms with Crippen molar-refractivity contribution in [2.24, 2.45) is 11.7 Å². The van der Waals surface area contributed by atoms with Crippen molar-refractivity contribution in [3.05, 3.63) is 18.0 Å². The molecule has 0 bridgehead atoms. The highest BCUT2D eigenvalue weighted by Gasteiger charge is 2.16. The summed E-state index contributed by atoms with van der Waals surface area (Å²) in [5, 5.41) is 4.20. The van der Waals surface area contributed by atoms with E-state index < -0.39 is 0 Å². The molecule has 0 spiro atoms. The minimum Gasteiger partial charge on any atom is -0.330 e. The fourth-order valence-corrected chi connectivity index (χ4v) is 1.64. The minimum atomic E-state index is 0.680. The van der Waals surface area contributed by atoms with Gasteiger partial charge in [0.2, 0.25) is 0 Å². The van der Waals surface area contributed by atoms with Crippen molar-refractivity contribution >= 4 is 0 Å². The minimum absolute atomic E-state index is 0.680. The zero-order chi connectivity index (χ0) is 7.68. The van der Waals surface area contributed by atoms with E-state index in [4.69, 9.17) is 5.73 Å². The molecular formula is C8H13N3. The van der Waals surface area contributed by atoms with E-state index in [2.05, 4.69) is 15.8 Å². The largest absolute Gasteiger partial charge is 0.330 e. The van der Waals surface area contributed by atoms with Crippen LogP contribution in [-0.4, -0.2) is 16.3 Å². The molecule has 1 aromatic rings. The van der Waals surface area contributed by atoms with Gasteiger partial charge in [0.25, 0.3) is 0 Å². The molecule has 2 heterocycles. The van der Waals surface area contributed by atoms with Crippen LogP contribution in [0.5, 0.6) is 0 Å². The summed E-state index contributed by atoms with van der Waals surface area (Å²) in [6.07, 6.45) is 4.16. The summed E-state index contributed by atoms with van der Waals surface area (Å²) in [7, 11) is 0. The second-order valence-electron chi connectivity index (χ2n) is 3.14. The third-order valence-electron chi connectivity index (χ3n) is 2.38. The van der Waals surface area contributed by atoms with Crippen LogP contribution in [0.15, 0.2) is 12.3 Å². The second kappa shape index (κ2) is 2.66. The lowest BCUT2D eigenvalue weighted by atomic mass is 9.97. The Kier molecular flexibility index (Phi) is 1.66. The lowest BCUT2D eigenvalue weighted by Crippen LogP contribution is -2.25. The van der Waals surface area contributed by atoms with E-state index in [-0.39, 0.29) is 0 Å². The van der Waals surface area contributed by atoms with Crippen LogP contribution in [0.1, 0.15) is 12.1 Å². The van der Waals surface area contributed by atoms with E-state index in [9.17, 15) is 0 Å². The third kappa shape index (κ3) is 1.16. The first kappa shape index (κ1) is 6.85. The summed E-state index contributed by atoms with van der Waals surface area (Å²) in [6, 6.07) is 2.09. The highest BCUT2D eigenvalue weighted by molar-refractivity contribution is 5.04. The molecule has 1 aromatic heterocycles. The summed E-state index contributed by atoms with van der Waals surface area (Å²) in [4.78, 5) is 0. The van der Waals surface area contributed by atoms with E-state index in [1.165, 1.54) is 12.1 Å². The van der Waals surface area contributed by atoms with Crippen LogP contribution in [0, 0.1) is 5.92 Å². The molecule has 0 aromatic carbocycles. The standard InChI is InChI=1S/C8H13N3/c9-6-7-2-4-11-8(5-7)1-3-10-11/h1,3,7H,2,4-6,9H2. The molecule has 0 saturated carbocycles. The van der Waals surface area contributed by atoms with Crippen LogP contribution >= 0.6 is 0 Å². The van der Waals surface area contributed by atoms with Crippen molar-refractivity contribution in [3.8, 4) is 0 Å². The Bertz CT molecular complexity index is 241. The van der Waals surface area contributed by atoms with E-state index >= 15 is 0 Å². The van der Waals surface area contributed by atoms with Gasteiger partial charge in [-0.05, 0) is 31.4 Å². The number of aryl methyl sites for hydroxylation is 1.